The predicted octanol–water partition coefficient (Wildman–Crippen LogP) is 3.70. The molecule has 130 valence electrons. The van der Waals surface area contributed by atoms with Crippen LogP contribution in [0.25, 0.3) is 0 Å². The number of ether oxygens (including phenoxy) is 2. The fourth-order valence-electron chi connectivity index (χ4n) is 2.17. The van der Waals surface area contributed by atoms with Gasteiger partial charge in [0.05, 0.1) is 13.7 Å². The summed E-state index contributed by atoms with van der Waals surface area (Å²) >= 11 is 0. The van der Waals surface area contributed by atoms with Crippen LogP contribution < -0.4 is 9.47 Å². The van der Waals surface area contributed by atoms with Crippen LogP contribution in [0.4, 0.5) is 0 Å². The minimum absolute atomic E-state index is 0.0384. The van der Waals surface area contributed by atoms with Crippen molar-refractivity contribution in [1.29, 1.82) is 0 Å². The monoisotopic (exact) mass is 350 g/mol. The van der Waals surface area contributed by atoms with E-state index in [0.717, 1.165) is 11.1 Å². The highest BCUT2D eigenvalue weighted by Crippen LogP contribution is 2.28. The van der Waals surface area contributed by atoms with Crippen LogP contribution in [0.5, 0.6) is 11.5 Å². The maximum Gasteiger partial charge on any atom is 0.300 e. The Morgan fingerprint density at radius 2 is 1.79 bits per heavy atom. The van der Waals surface area contributed by atoms with Gasteiger partial charge in [-0.1, -0.05) is 31.2 Å². The first-order valence-electron chi connectivity index (χ1n) is 7.72. The lowest BCUT2D eigenvalue weighted by molar-refractivity contribution is 0.282. The number of hydrogen-bond donors (Lipinski definition) is 0. The standard InChI is InChI=1S/C18H22O5S/c1-4-11-23-24(19,20)18-10-9-14(2)12-17(18)22-13-15-7-5-6-8-16(15)21-3/h5-10,12H,4,11,13H2,1-3H3. The van der Waals surface area contributed by atoms with Gasteiger partial charge in [0.2, 0.25) is 0 Å². The first-order chi connectivity index (χ1) is 11.5. The second-order valence-corrected chi connectivity index (χ2v) is 6.91. The molecule has 6 heteroatoms. The van der Waals surface area contributed by atoms with E-state index in [1.54, 1.807) is 19.2 Å². The van der Waals surface area contributed by atoms with Crippen molar-refractivity contribution in [2.45, 2.75) is 31.8 Å². The van der Waals surface area contributed by atoms with Crippen molar-refractivity contribution in [3.63, 3.8) is 0 Å². The molecule has 0 saturated heterocycles. The van der Waals surface area contributed by atoms with Crippen LogP contribution in [0.2, 0.25) is 0 Å². The highest BCUT2D eigenvalue weighted by atomic mass is 32.2. The Morgan fingerprint density at radius 1 is 1.04 bits per heavy atom. The molecule has 5 nitrogen and oxygen atoms in total. The molecule has 0 N–H and O–H groups in total. The third-order valence-corrected chi connectivity index (χ3v) is 4.74. The second kappa shape index (κ2) is 8.17. The van der Waals surface area contributed by atoms with Crippen molar-refractivity contribution in [2.75, 3.05) is 13.7 Å². The number of hydrogen-bond acceptors (Lipinski definition) is 5. The van der Waals surface area contributed by atoms with Gasteiger partial charge >= 0.3 is 10.1 Å². The van der Waals surface area contributed by atoms with Gasteiger partial charge in [-0.3, -0.25) is 4.18 Å². The molecule has 2 rings (SSSR count). The molecule has 0 aliphatic carbocycles. The lowest BCUT2D eigenvalue weighted by Gasteiger charge is -2.14. The fraction of sp³-hybridized carbons (Fsp3) is 0.333. The molecule has 2 aromatic carbocycles. The molecule has 0 atom stereocenters. The summed E-state index contributed by atoms with van der Waals surface area (Å²) in [5, 5.41) is 0. The molecule has 2 aromatic rings. The molecule has 0 amide bonds. The average Bonchev–Trinajstić information content (AvgIpc) is 2.58. The van der Waals surface area contributed by atoms with Gasteiger partial charge in [0.1, 0.15) is 23.0 Å². The molecule has 24 heavy (non-hydrogen) atoms. The van der Waals surface area contributed by atoms with Gasteiger partial charge in [-0.15, -0.1) is 0 Å². The highest BCUT2D eigenvalue weighted by molar-refractivity contribution is 7.86. The molecule has 0 fully saturated rings. The van der Waals surface area contributed by atoms with Gasteiger partial charge in [0, 0.05) is 5.56 Å². The van der Waals surface area contributed by atoms with Crippen molar-refractivity contribution in [3.8, 4) is 11.5 Å². The van der Waals surface area contributed by atoms with Crippen LogP contribution in [0, 0.1) is 6.92 Å². The molecule has 0 heterocycles. The van der Waals surface area contributed by atoms with Crippen molar-refractivity contribution in [3.05, 3.63) is 53.6 Å². The van der Waals surface area contributed by atoms with E-state index in [1.165, 1.54) is 6.07 Å². The Bertz CT molecular complexity index is 784. The summed E-state index contributed by atoms with van der Waals surface area (Å²) in [6, 6.07) is 12.4. The Kier molecular flexibility index (Phi) is 6.23. The number of methoxy groups -OCH3 is 1. The molecular weight excluding hydrogens is 328 g/mol. The van der Waals surface area contributed by atoms with E-state index in [9.17, 15) is 8.42 Å². The average molecular weight is 350 g/mol. The summed E-state index contributed by atoms with van der Waals surface area (Å²) in [5.74, 6) is 0.966. The van der Waals surface area contributed by atoms with Gasteiger partial charge in [0.15, 0.2) is 0 Å². The van der Waals surface area contributed by atoms with Crippen molar-refractivity contribution in [2.24, 2.45) is 0 Å². The van der Waals surface area contributed by atoms with Gasteiger partial charge < -0.3 is 9.47 Å². The maximum atomic E-state index is 12.3. The molecule has 0 saturated carbocycles. The lowest BCUT2D eigenvalue weighted by atomic mass is 10.2. The maximum absolute atomic E-state index is 12.3. The van der Waals surface area contributed by atoms with E-state index in [4.69, 9.17) is 13.7 Å². The SMILES string of the molecule is CCCOS(=O)(=O)c1ccc(C)cc1OCc1ccccc1OC. The van der Waals surface area contributed by atoms with Gasteiger partial charge in [-0.2, -0.15) is 8.42 Å². The quantitative estimate of drug-likeness (QED) is 0.679. The summed E-state index contributed by atoms with van der Waals surface area (Å²) in [5.41, 5.74) is 1.73. The summed E-state index contributed by atoms with van der Waals surface area (Å²) < 4.78 is 40.7. The molecule has 0 aromatic heterocycles. The van der Waals surface area contributed by atoms with Crippen LogP contribution in [0.15, 0.2) is 47.4 Å². The van der Waals surface area contributed by atoms with Crippen LogP contribution >= 0.6 is 0 Å². The second-order valence-electron chi connectivity index (χ2n) is 5.33. The van der Waals surface area contributed by atoms with Crippen LogP contribution in [-0.2, 0) is 20.9 Å². The predicted molar refractivity (Wildman–Crippen MR) is 91.9 cm³/mol. The Labute approximate surface area is 143 Å². The zero-order valence-electron chi connectivity index (χ0n) is 14.1. The zero-order valence-corrected chi connectivity index (χ0v) is 14.9. The highest BCUT2D eigenvalue weighted by Gasteiger charge is 2.21. The van der Waals surface area contributed by atoms with E-state index in [-0.39, 0.29) is 23.9 Å². The number of para-hydroxylation sites is 1. The van der Waals surface area contributed by atoms with Crippen molar-refractivity contribution >= 4 is 10.1 Å². The van der Waals surface area contributed by atoms with Crippen molar-refractivity contribution < 1.29 is 22.1 Å². The molecule has 0 bridgehead atoms. The molecule has 0 aliphatic heterocycles. The summed E-state index contributed by atoms with van der Waals surface area (Å²) in [4.78, 5) is 0.0384. The molecular formula is C18H22O5S. The Balaban J connectivity index is 2.28. The van der Waals surface area contributed by atoms with E-state index in [1.807, 2.05) is 38.1 Å². The number of benzene rings is 2. The lowest BCUT2D eigenvalue weighted by Crippen LogP contribution is -2.10. The number of aryl methyl sites for hydroxylation is 1. The Morgan fingerprint density at radius 3 is 2.50 bits per heavy atom. The van der Waals surface area contributed by atoms with E-state index in [0.29, 0.717) is 12.2 Å². The normalized spacial score (nSPS) is 11.3. The molecule has 0 unspecified atom stereocenters. The molecule has 0 radical (unpaired) electrons. The first-order valence-corrected chi connectivity index (χ1v) is 9.13. The van der Waals surface area contributed by atoms with E-state index in [2.05, 4.69) is 0 Å². The van der Waals surface area contributed by atoms with Gasteiger partial charge in [-0.25, -0.2) is 0 Å². The summed E-state index contributed by atoms with van der Waals surface area (Å²) in [6.07, 6.45) is 0.614. The minimum Gasteiger partial charge on any atom is -0.496 e. The molecule has 0 spiro atoms. The van der Waals surface area contributed by atoms with Crippen LogP contribution in [-0.4, -0.2) is 22.1 Å². The molecule has 0 aliphatic rings. The minimum atomic E-state index is -3.85. The third kappa shape index (κ3) is 4.49. The zero-order chi connectivity index (χ0) is 17.6. The summed E-state index contributed by atoms with van der Waals surface area (Å²) in [6.45, 7) is 4.06. The third-order valence-electron chi connectivity index (χ3n) is 3.39. The fourth-order valence-corrected chi connectivity index (χ4v) is 3.28. The van der Waals surface area contributed by atoms with E-state index >= 15 is 0 Å². The summed E-state index contributed by atoms with van der Waals surface area (Å²) in [7, 11) is -2.26. The topological polar surface area (TPSA) is 61.8 Å². The van der Waals surface area contributed by atoms with Crippen molar-refractivity contribution in [1.82, 2.24) is 0 Å². The first kappa shape index (κ1) is 18.3. The Hall–Kier alpha value is -2.05. The van der Waals surface area contributed by atoms with E-state index < -0.39 is 10.1 Å². The largest absolute Gasteiger partial charge is 0.496 e. The van der Waals surface area contributed by atoms with Crippen LogP contribution in [0.3, 0.4) is 0 Å². The van der Waals surface area contributed by atoms with Gasteiger partial charge in [-0.05, 0) is 37.1 Å². The van der Waals surface area contributed by atoms with Gasteiger partial charge in [0.25, 0.3) is 0 Å². The van der Waals surface area contributed by atoms with Crippen LogP contribution in [0.1, 0.15) is 24.5 Å². The number of rotatable bonds is 8. The smallest absolute Gasteiger partial charge is 0.300 e.